The molecule has 0 aromatic rings. The summed E-state index contributed by atoms with van der Waals surface area (Å²) in [6, 6.07) is 0. The highest BCUT2D eigenvalue weighted by atomic mass is 79.9. The van der Waals surface area contributed by atoms with E-state index >= 15 is 0 Å². The van der Waals surface area contributed by atoms with Gasteiger partial charge in [-0.25, -0.2) is 0 Å². The van der Waals surface area contributed by atoms with Crippen molar-refractivity contribution in [3.05, 3.63) is 0 Å². The van der Waals surface area contributed by atoms with Crippen LogP contribution in [-0.2, 0) is 4.74 Å². The number of hydrogen-bond acceptors (Lipinski definition) is 1. The minimum absolute atomic E-state index is 0.0828. The Morgan fingerprint density at radius 3 is 1.56 bits per heavy atom. The molecule has 0 aliphatic carbocycles. The lowest BCUT2D eigenvalue weighted by atomic mass is 10.8. The van der Waals surface area contributed by atoms with Crippen LogP contribution in [0.2, 0.25) is 0 Å². The van der Waals surface area contributed by atoms with Crippen LogP contribution in [0.1, 0.15) is 0 Å². The van der Waals surface area contributed by atoms with Gasteiger partial charge in [0.15, 0.2) is 0 Å². The summed E-state index contributed by atoms with van der Waals surface area (Å²) in [5.41, 5.74) is 0. The minimum atomic E-state index is 0.0828. The molecule has 0 spiro atoms. The fourth-order valence-corrected chi connectivity index (χ4v) is 1.35. The molecule has 0 aromatic carbocycles. The van der Waals surface area contributed by atoms with Crippen molar-refractivity contribution in [2.24, 2.45) is 0 Å². The molecule has 0 rings (SSSR count). The van der Waals surface area contributed by atoms with Gasteiger partial charge in [-0.05, 0) is 0 Å². The Labute approximate surface area is 88.4 Å². The summed E-state index contributed by atoms with van der Waals surface area (Å²) < 4.78 is 5.29. The first-order valence-corrected chi connectivity index (χ1v) is 6.33. The first-order chi connectivity index (χ1) is 4.20. The Hall–Kier alpha value is 1.88. The Kier molecular flexibility index (Phi) is 7.96. The summed E-state index contributed by atoms with van der Waals surface area (Å²) >= 11 is 13.1. The second-order valence-electron chi connectivity index (χ2n) is 1.26. The van der Waals surface area contributed by atoms with E-state index in [9.17, 15) is 0 Å². The Morgan fingerprint density at radius 2 is 1.33 bits per heavy atom. The van der Waals surface area contributed by atoms with Gasteiger partial charge in [0.25, 0.3) is 0 Å². The third-order valence-corrected chi connectivity index (χ3v) is 4.53. The molecule has 0 saturated heterocycles. The third-order valence-electron chi connectivity index (χ3n) is 0.538. The molecular weight excluding hydrogens is 384 g/mol. The van der Waals surface area contributed by atoms with Gasteiger partial charge >= 0.3 is 0 Å². The van der Waals surface area contributed by atoms with Crippen molar-refractivity contribution in [2.45, 2.75) is 10.0 Å². The maximum absolute atomic E-state index is 5.29. The van der Waals surface area contributed by atoms with Crippen molar-refractivity contribution in [3.63, 3.8) is 0 Å². The van der Waals surface area contributed by atoms with Gasteiger partial charge in [-0.2, -0.15) is 0 Å². The first kappa shape index (κ1) is 10.9. The third kappa shape index (κ3) is 6.28. The highest BCUT2D eigenvalue weighted by Gasteiger charge is 2.07. The van der Waals surface area contributed by atoms with E-state index in [4.69, 9.17) is 4.74 Å². The number of rotatable bonds is 4. The number of hydrogen-bond donors (Lipinski definition) is 0. The summed E-state index contributed by atoms with van der Waals surface area (Å²) in [7, 11) is 0. The van der Waals surface area contributed by atoms with Crippen molar-refractivity contribution in [1.82, 2.24) is 0 Å². The monoisotopic (exact) mass is 386 g/mol. The summed E-state index contributed by atoms with van der Waals surface area (Å²) in [5, 5.41) is 1.75. The summed E-state index contributed by atoms with van der Waals surface area (Å²) in [6.07, 6.45) is 0. The van der Waals surface area contributed by atoms with Crippen LogP contribution in [0.4, 0.5) is 0 Å². The van der Waals surface area contributed by atoms with E-state index in [1.165, 1.54) is 0 Å². The minimum Gasteiger partial charge on any atom is -0.351 e. The molecule has 0 fully saturated rings. The van der Waals surface area contributed by atoms with E-state index in [1.54, 1.807) is 0 Å². The van der Waals surface area contributed by atoms with Crippen LogP contribution in [0.15, 0.2) is 0 Å². The number of ether oxygens (including phenoxy) is 1. The lowest BCUT2D eigenvalue weighted by molar-refractivity contribution is 0.129. The first-order valence-electron chi connectivity index (χ1n) is 2.26. The summed E-state index contributed by atoms with van der Waals surface area (Å²) in [5.74, 6) is 0. The molecule has 0 heterocycles. The van der Waals surface area contributed by atoms with Crippen LogP contribution in [0.25, 0.3) is 0 Å². The Balaban J connectivity index is 3.22. The van der Waals surface area contributed by atoms with Crippen LogP contribution in [-0.4, -0.2) is 20.7 Å². The molecule has 2 atom stereocenters. The summed E-state index contributed by atoms with van der Waals surface area (Å²) in [6.45, 7) is 0. The van der Waals surface area contributed by atoms with Crippen molar-refractivity contribution < 1.29 is 4.74 Å². The van der Waals surface area contributed by atoms with Gasteiger partial charge in [-0.3, -0.25) is 0 Å². The van der Waals surface area contributed by atoms with Gasteiger partial charge in [-0.1, -0.05) is 63.7 Å². The summed E-state index contributed by atoms with van der Waals surface area (Å²) in [4.78, 5) is 0. The molecule has 0 aromatic heterocycles. The molecule has 1 nitrogen and oxygen atoms in total. The number of halogens is 4. The SMILES string of the molecule is BrC[C@H](Br)O[C@@H](Br)CBr. The molecule has 0 bridgehead atoms. The zero-order valence-corrected chi connectivity index (χ0v) is 10.8. The van der Waals surface area contributed by atoms with Crippen LogP contribution in [0.5, 0.6) is 0 Å². The normalized spacial score (nSPS) is 17.3. The molecule has 5 heteroatoms. The molecule has 0 N–H and O–H groups in total. The number of alkyl halides is 4. The Morgan fingerprint density at radius 1 is 1.00 bits per heavy atom. The fraction of sp³-hybridized carbons (Fsp3) is 1.00. The lowest BCUT2D eigenvalue weighted by Gasteiger charge is -2.11. The average molecular weight is 390 g/mol. The van der Waals surface area contributed by atoms with Gasteiger partial charge in [0.2, 0.25) is 0 Å². The molecule has 0 saturated carbocycles. The topological polar surface area (TPSA) is 9.23 Å². The largest absolute Gasteiger partial charge is 0.351 e. The molecule has 0 unspecified atom stereocenters. The maximum Gasteiger partial charge on any atom is 0.123 e. The highest BCUT2D eigenvalue weighted by molar-refractivity contribution is 9.12. The average Bonchev–Trinajstić information content (AvgIpc) is 1.87. The van der Waals surface area contributed by atoms with E-state index in [1.807, 2.05) is 0 Å². The predicted molar refractivity (Wildman–Crippen MR) is 54.1 cm³/mol. The van der Waals surface area contributed by atoms with Crippen LogP contribution in [0.3, 0.4) is 0 Å². The van der Waals surface area contributed by atoms with Crippen LogP contribution in [0, 0.1) is 0 Å². The standard InChI is InChI=1S/C4H6Br4O/c5-1-3(7)9-4(8)2-6/h3-4H,1-2H2/t3-,4-/m1/s1. The predicted octanol–water partition coefficient (Wildman–Crippen LogP) is 3.23. The van der Waals surface area contributed by atoms with Crippen molar-refractivity contribution in [1.29, 1.82) is 0 Å². The second kappa shape index (κ2) is 6.58. The molecule has 56 valence electrons. The van der Waals surface area contributed by atoms with Gasteiger partial charge in [0.1, 0.15) is 10.0 Å². The smallest absolute Gasteiger partial charge is 0.123 e. The van der Waals surface area contributed by atoms with Crippen LogP contribution >= 0.6 is 63.7 Å². The molecule has 0 amide bonds. The molecule has 0 aliphatic heterocycles. The van der Waals surface area contributed by atoms with E-state index in [-0.39, 0.29) is 10.0 Å². The Bertz CT molecular complexity index is 61.6. The lowest BCUT2D eigenvalue weighted by Crippen LogP contribution is -2.13. The zero-order chi connectivity index (χ0) is 7.28. The zero-order valence-electron chi connectivity index (χ0n) is 4.49. The van der Waals surface area contributed by atoms with Gasteiger partial charge in [-0.15, -0.1) is 0 Å². The second-order valence-corrected chi connectivity index (χ2v) is 4.60. The van der Waals surface area contributed by atoms with Crippen LogP contribution < -0.4 is 0 Å². The van der Waals surface area contributed by atoms with Crippen molar-refractivity contribution in [3.8, 4) is 0 Å². The fourth-order valence-electron chi connectivity index (χ4n) is 0.233. The van der Waals surface area contributed by atoms with E-state index < -0.39 is 0 Å². The van der Waals surface area contributed by atoms with E-state index in [0.717, 1.165) is 10.7 Å². The van der Waals surface area contributed by atoms with Gasteiger partial charge in [0, 0.05) is 10.7 Å². The van der Waals surface area contributed by atoms with Crippen molar-refractivity contribution >= 4 is 63.7 Å². The highest BCUT2D eigenvalue weighted by Crippen LogP contribution is 2.13. The van der Waals surface area contributed by atoms with Gasteiger partial charge in [0.05, 0.1) is 0 Å². The maximum atomic E-state index is 5.29. The molecule has 0 radical (unpaired) electrons. The molecule has 9 heavy (non-hydrogen) atoms. The van der Waals surface area contributed by atoms with Gasteiger partial charge < -0.3 is 4.74 Å². The van der Waals surface area contributed by atoms with E-state index in [0.29, 0.717) is 0 Å². The molecular formula is C4H6Br4O. The van der Waals surface area contributed by atoms with Crippen molar-refractivity contribution in [2.75, 3.05) is 10.7 Å². The molecule has 0 aliphatic rings. The van der Waals surface area contributed by atoms with E-state index in [2.05, 4.69) is 63.7 Å². The quantitative estimate of drug-likeness (QED) is 0.671.